The Bertz CT molecular complexity index is 751. The molecule has 1 saturated heterocycles. The molecule has 1 aliphatic heterocycles. The van der Waals surface area contributed by atoms with E-state index in [4.69, 9.17) is 0 Å². The van der Waals surface area contributed by atoms with Gasteiger partial charge in [0.15, 0.2) is 0 Å². The van der Waals surface area contributed by atoms with Crippen molar-refractivity contribution in [2.45, 2.75) is 27.2 Å². The summed E-state index contributed by atoms with van der Waals surface area (Å²) in [7, 11) is 0. The lowest BCUT2D eigenvalue weighted by molar-refractivity contribution is 0.0746. The van der Waals surface area contributed by atoms with Crippen LogP contribution in [0.3, 0.4) is 0 Å². The minimum absolute atomic E-state index is 0.00706. The highest BCUT2D eigenvalue weighted by molar-refractivity contribution is 5.93. The Kier molecular flexibility index (Phi) is 6.27. The summed E-state index contributed by atoms with van der Waals surface area (Å²) in [6, 6.07) is 8.50. The maximum absolute atomic E-state index is 12.7. The van der Waals surface area contributed by atoms with Crippen LogP contribution in [0.25, 0.3) is 0 Å². The molecule has 1 aliphatic rings. The third-order valence-electron chi connectivity index (χ3n) is 4.84. The van der Waals surface area contributed by atoms with Crippen LogP contribution >= 0.6 is 0 Å². The van der Waals surface area contributed by atoms with Gasteiger partial charge in [-0.3, -0.25) is 4.79 Å². The van der Waals surface area contributed by atoms with Crippen LogP contribution in [-0.4, -0.2) is 53.5 Å². The van der Waals surface area contributed by atoms with Crippen LogP contribution < -0.4 is 10.2 Å². The predicted octanol–water partition coefficient (Wildman–Crippen LogP) is 3.21. The number of nitrogens with zero attached hydrogens (tertiary/aromatic N) is 4. The maximum atomic E-state index is 12.7. The van der Waals surface area contributed by atoms with E-state index in [1.165, 1.54) is 11.3 Å². The van der Waals surface area contributed by atoms with Gasteiger partial charge >= 0.3 is 0 Å². The molecule has 6 nitrogen and oxygen atoms in total. The Labute approximate surface area is 161 Å². The van der Waals surface area contributed by atoms with Crippen molar-refractivity contribution in [2.24, 2.45) is 5.92 Å². The van der Waals surface area contributed by atoms with E-state index in [9.17, 15) is 4.79 Å². The minimum Gasteiger partial charge on any atom is -0.368 e. The second-order valence-electron chi connectivity index (χ2n) is 7.52. The average molecular weight is 367 g/mol. The Morgan fingerprint density at radius 1 is 1.15 bits per heavy atom. The summed E-state index contributed by atoms with van der Waals surface area (Å²) in [5.74, 6) is 1.22. The van der Waals surface area contributed by atoms with E-state index in [0.717, 1.165) is 26.1 Å². The van der Waals surface area contributed by atoms with E-state index in [1.807, 2.05) is 4.90 Å². The molecule has 1 fully saturated rings. The number of benzene rings is 1. The fourth-order valence-corrected chi connectivity index (χ4v) is 3.18. The first-order chi connectivity index (χ1) is 13.0. The number of anilines is 2. The molecule has 1 amide bonds. The van der Waals surface area contributed by atoms with E-state index >= 15 is 0 Å². The van der Waals surface area contributed by atoms with Crippen LogP contribution in [0.4, 0.5) is 11.6 Å². The molecule has 1 aromatic carbocycles. The summed E-state index contributed by atoms with van der Waals surface area (Å²) in [4.78, 5) is 25.5. The highest BCUT2D eigenvalue weighted by atomic mass is 16.2. The van der Waals surface area contributed by atoms with E-state index < -0.39 is 0 Å². The molecular formula is C21H29N5O. The summed E-state index contributed by atoms with van der Waals surface area (Å²) in [5, 5.41) is 3.20. The fourth-order valence-electron chi connectivity index (χ4n) is 3.18. The molecule has 2 aromatic rings. The summed E-state index contributed by atoms with van der Waals surface area (Å²) in [6.45, 7) is 10.4. The van der Waals surface area contributed by atoms with Gasteiger partial charge in [0.2, 0.25) is 5.95 Å². The van der Waals surface area contributed by atoms with Crippen LogP contribution in [0, 0.1) is 12.8 Å². The lowest BCUT2D eigenvalue weighted by atomic mass is 10.1. The third kappa shape index (κ3) is 5.18. The number of carbonyl (C=O) groups is 1. The van der Waals surface area contributed by atoms with Gasteiger partial charge in [-0.05, 0) is 37.0 Å². The number of piperazine rings is 1. The van der Waals surface area contributed by atoms with Gasteiger partial charge in [-0.2, -0.15) is 0 Å². The number of hydrogen-bond donors (Lipinski definition) is 1. The standard InChI is InChI=1S/C21H29N5O/c1-16(2)7-8-22-21-23-14-18(15-24-21)20(27)26-11-9-25(10-12-26)19-6-4-5-17(3)13-19/h4-6,13-16H,7-12H2,1-3H3,(H,22,23,24). The molecule has 3 rings (SSSR count). The quantitative estimate of drug-likeness (QED) is 0.849. The Hall–Kier alpha value is -2.63. The number of hydrogen-bond acceptors (Lipinski definition) is 5. The molecule has 0 radical (unpaired) electrons. The van der Waals surface area contributed by atoms with Crippen molar-refractivity contribution < 1.29 is 4.79 Å². The lowest BCUT2D eigenvalue weighted by Gasteiger charge is -2.36. The summed E-state index contributed by atoms with van der Waals surface area (Å²) in [6.07, 6.45) is 4.31. The summed E-state index contributed by atoms with van der Waals surface area (Å²) in [5.41, 5.74) is 3.03. The molecule has 0 spiro atoms. The highest BCUT2D eigenvalue weighted by Crippen LogP contribution is 2.18. The zero-order chi connectivity index (χ0) is 19.2. The first-order valence-electron chi connectivity index (χ1n) is 9.70. The average Bonchev–Trinajstić information content (AvgIpc) is 2.68. The molecule has 2 heterocycles. The van der Waals surface area contributed by atoms with E-state index in [-0.39, 0.29) is 5.91 Å². The fraction of sp³-hybridized carbons (Fsp3) is 0.476. The van der Waals surface area contributed by atoms with Gasteiger partial charge in [0.1, 0.15) is 0 Å². The van der Waals surface area contributed by atoms with Crippen LogP contribution in [0.1, 0.15) is 36.2 Å². The molecule has 144 valence electrons. The van der Waals surface area contributed by atoms with Crippen molar-refractivity contribution in [3.63, 3.8) is 0 Å². The highest BCUT2D eigenvalue weighted by Gasteiger charge is 2.22. The number of aromatic nitrogens is 2. The molecule has 0 aliphatic carbocycles. The molecular weight excluding hydrogens is 338 g/mol. The molecule has 0 unspecified atom stereocenters. The molecule has 0 bridgehead atoms. The van der Waals surface area contributed by atoms with E-state index in [0.29, 0.717) is 30.5 Å². The molecule has 1 aromatic heterocycles. The first kappa shape index (κ1) is 19.1. The van der Waals surface area contributed by atoms with Gasteiger partial charge < -0.3 is 15.1 Å². The molecule has 0 atom stereocenters. The molecule has 27 heavy (non-hydrogen) atoms. The summed E-state index contributed by atoms with van der Waals surface area (Å²) >= 11 is 0. The second-order valence-corrected chi connectivity index (χ2v) is 7.52. The van der Waals surface area contributed by atoms with Gasteiger partial charge in [0.25, 0.3) is 5.91 Å². The van der Waals surface area contributed by atoms with Gasteiger partial charge in [-0.1, -0.05) is 26.0 Å². The van der Waals surface area contributed by atoms with Crippen LogP contribution in [-0.2, 0) is 0 Å². The van der Waals surface area contributed by atoms with Gasteiger partial charge in [-0.15, -0.1) is 0 Å². The van der Waals surface area contributed by atoms with Crippen molar-refractivity contribution in [3.05, 3.63) is 47.8 Å². The van der Waals surface area contributed by atoms with Gasteiger partial charge in [-0.25, -0.2) is 9.97 Å². The number of rotatable bonds is 6. The maximum Gasteiger partial charge on any atom is 0.257 e. The SMILES string of the molecule is Cc1cccc(N2CCN(C(=O)c3cnc(NCCC(C)C)nc3)CC2)c1. The van der Waals surface area contributed by atoms with Crippen molar-refractivity contribution in [2.75, 3.05) is 42.9 Å². The van der Waals surface area contributed by atoms with Gasteiger partial charge in [0, 0.05) is 50.8 Å². The Morgan fingerprint density at radius 3 is 2.48 bits per heavy atom. The normalized spacial score (nSPS) is 14.5. The third-order valence-corrected chi connectivity index (χ3v) is 4.84. The zero-order valence-electron chi connectivity index (χ0n) is 16.5. The second kappa shape index (κ2) is 8.84. The van der Waals surface area contributed by atoms with Crippen molar-refractivity contribution in [1.29, 1.82) is 0 Å². The Balaban J connectivity index is 1.53. The first-order valence-corrected chi connectivity index (χ1v) is 9.70. The van der Waals surface area contributed by atoms with E-state index in [2.05, 4.69) is 65.2 Å². The van der Waals surface area contributed by atoms with Crippen LogP contribution in [0.2, 0.25) is 0 Å². The van der Waals surface area contributed by atoms with Crippen molar-refractivity contribution >= 4 is 17.5 Å². The predicted molar refractivity (Wildman–Crippen MR) is 109 cm³/mol. The van der Waals surface area contributed by atoms with E-state index in [1.54, 1.807) is 12.4 Å². The van der Waals surface area contributed by atoms with Crippen LogP contribution in [0.15, 0.2) is 36.7 Å². The van der Waals surface area contributed by atoms with Gasteiger partial charge in [0.05, 0.1) is 5.56 Å². The minimum atomic E-state index is 0.00706. The number of aryl methyl sites for hydroxylation is 1. The zero-order valence-corrected chi connectivity index (χ0v) is 16.5. The smallest absolute Gasteiger partial charge is 0.257 e. The number of amides is 1. The number of carbonyl (C=O) groups excluding carboxylic acids is 1. The van der Waals surface area contributed by atoms with Crippen molar-refractivity contribution in [1.82, 2.24) is 14.9 Å². The molecule has 6 heteroatoms. The van der Waals surface area contributed by atoms with Crippen LogP contribution in [0.5, 0.6) is 0 Å². The largest absolute Gasteiger partial charge is 0.368 e. The molecule has 0 saturated carbocycles. The Morgan fingerprint density at radius 2 is 1.85 bits per heavy atom. The molecule has 1 N–H and O–H groups in total. The topological polar surface area (TPSA) is 61.4 Å². The lowest BCUT2D eigenvalue weighted by Crippen LogP contribution is -2.48. The monoisotopic (exact) mass is 367 g/mol. The summed E-state index contributed by atoms with van der Waals surface area (Å²) < 4.78 is 0. The number of nitrogens with one attached hydrogen (secondary N) is 1. The van der Waals surface area contributed by atoms with Crippen molar-refractivity contribution in [3.8, 4) is 0 Å².